The second-order valence-electron chi connectivity index (χ2n) is 12.4. The molecule has 0 saturated heterocycles. The summed E-state index contributed by atoms with van der Waals surface area (Å²) in [5, 5.41) is 2.75. The zero-order valence-corrected chi connectivity index (χ0v) is 23.8. The lowest BCUT2D eigenvalue weighted by Gasteiger charge is -2.22. The van der Waals surface area contributed by atoms with E-state index in [-0.39, 0.29) is 10.8 Å². The van der Waals surface area contributed by atoms with Crippen LogP contribution in [0.25, 0.3) is 55.3 Å². The molecule has 1 nitrogen and oxygen atoms in total. The van der Waals surface area contributed by atoms with Crippen molar-refractivity contribution in [1.29, 1.82) is 0 Å². The van der Waals surface area contributed by atoms with Gasteiger partial charge in [-0.15, -0.1) is 0 Å². The molecule has 1 heterocycles. The Bertz CT molecular complexity index is 1910. The van der Waals surface area contributed by atoms with Gasteiger partial charge in [0.1, 0.15) is 11.2 Å². The Morgan fingerprint density at radius 1 is 0.615 bits per heavy atom. The van der Waals surface area contributed by atoms with Crippen molar-refractivity contribution >= 4 is 33.5 Å². The summed E-state index contributed by atoms with van der Waals surface area (Å²) in [6, 6.07) is 35.1. The number of fused-ring (bicyclic) bond motifs is 6. The second kappa shape index (κ2) is 8.34. The summed E-state index contributed by atoms with van der Waals surface area (Å²) < 4.78 is 6.18. The molecule has 0 bridgehead atoms. The van der Waals surface area contributed by atoms with Gasteiger partial charge in [0.25, 0.3) is 0 Å². The monoisotopic (exact) mass is 526 g/mol. The second-order valence-corrected chi connectivity index (χ2v) is 12.8. The van der Waals surface area contributed by atoms with E-state index >= 15 is 0 Å². The van der Waals surface area contributed by atoms with E-state index < -0.39 is 0 Å². The average Bonchev–Trinajstić information content (AvgIpc) is 3.40. The topological polar surface area (TPSA) is 13.1 Å². The molecule has 192 valence electrons. The Morgan fingerprint density at radius 3 is 2.08 bits per heavy atom. The van der Waals surface area contributed by atoms with Gasteiger partial charge in [0.15, 0.2) is 0 Å². The molecule has 0 atom stereocenters. The fraction of sp³-hybridized carbons (Fsp3) is 0.189. The average molecular weight is 527 g/mol. The molecular formula is C37H31ClO. The molecular weight excluding hydrogens is 496 g/mol. The van der Waals surface area contributed by atoms with Gasteiger partial charge < -0.3 is 4.42 Å². The fourth-order valence-electron chi connectivity index (χ4n) is 6.25. The molecule has 0 N–H and O–H groups in total. The van der Waals surface area contributed by atoms with Crippen LogP contribution in [0.15, 0.2) is 101 Å². The lowest BCUT2D eigenvalue weighted by Crippen LogP contribution is -2.15. The summed E-state index contributed by atoms with van der Waals surface area (Å²) in [5.74, 6) is 0. The molecule has 1 aliphatic carbocycles. The first-order chi connectivity index (χ1) is 18.6. The highest BCUT2D eigenvalue weighted by Gasteiger charge is 2.35. The van der Waals surface area contributed by atoms with Gasteiger partial charge in [-0.1, -0.05) is 113 Å². The Balaban J connectivity index is 1.31. The number of para-hydroxylation sites is 1. The van der Waals surface area contributed by atoms with Gasteiger partial charge in [-0.2, -0.15) is 0 Å². The molecule has 0 radical (unpaired) electrons. The standard InChI is InChI=1S/C37H31ClO/c1-36(2,3)26-14-10-22(11-15-26)23-13-17-30-29(18-23)27-16-12-24(19-31(27)37(30,4)5)25-20-32(38)35-28-8-6-7-9-33(28)39-34(35)21-25/h6-21H,1-5H3. The van der Waals surface area contributed by atoms with Crippen LogP contribution < -0.4 is 0 Å². The summed E-state index contributed by atoms with van der Waals surface area (Å²) in [6.45, 7) is 11.4. The summed E-state index contributed by atoms with van der Waals surface area (Å²) in [6.07, 6.45) is 0. The minimum atomic E-state index is -0.0947. The number of hydrogen-bond acceptors (Lipinski definition) is 1. The van der Waals surface area contributed by atoms with Gasteiger partial charge in [0, 0.05) is 16.2 Å². The molecule has 0 saturated carbocycles. The maximum Gasteiger partial charge on any atom is 0.137 e. The molecule has 0 fully saturated rings. The Labute approximate surface area is 235 Å². The third kappa shape index (κ3) is 3.75. The van der Waals surface area contributed by atoms with Crippen LogP contribution in [0.5, 0.6) is 0 Å². The Morgan fingerprint density at radius 2 is 1.31 bits per heavy atom. The maximum atomic E-state index is 6.83. The van der Waals surface area contributed by atoms with Crippen molar-refractivity contribution in [2.75, 3.05) is 0 Å². The van der Waals surface area contributed by atoms with Crippen molar-refractivity contribution in [3.05, 3.63) is 119 Å². The predicted molar refractivity (Wildman–Crippen MR) is 166 cm³/mol. The molecule has 39 heavy (non-hydrogen) atoms. The number of halogens is 1. The van der Waals surface area contributed by atoms with E-state index in [1.165, 1.54) is 38.9 Å². The summed E-state index contributed by atoms with van der Waals surface area (Å²) >= 11 is 6.83. The number of hydrogen-bond donors (Lipinski definition) is 0. The zero-order chi connectivity index (χ0) is 27.1. The molecule has 1 aromatic heterocycles. The number of rotatable bonds is 2. The summed E-state index contributed by atoms with van der Waals surface area (Å²) in [5.41, 5.74) is 13.2. The van der Waals surface area contributed by atoms with Gasteiger partial charge in [-0.3, -0.25) is 0 Å². The van der Waals surface area contributed by atoms with Gasteiger partial charge >= 0.3 is 0 Å². The predicted octanol–water partition coefficient (Wildman–Crippen LogP) is 11.2. The molecule has 5 aromatic carbocycles. The van der Waals surface area contributed by atoms with Crippen LogP contribution in [0.2, 0.25) is 5.02 Å². The summed E-state index contributed by atoms with van der Waals surface area (Å²) in [7, 11) is 0. The van der Waals surface area contributed by atoms with Crippen molar-refractivity contribution in [3.8, 4) is 33.4 Å². The highest BCUT2D eigenvalue weighted by atomic mass is 35.5. The molecule has 1 aliphatic rings. The Kier molecular flexibility index (Phi) is 5.19. The maximum absolute atomic E-state index is 6.83. The molecule has 0 spiro atoms. The lowest BCUT2D eigenvalue weighted by molar-refractivity contribution is 0.590. The molecule has 2 heteroatoms. The van der Waals surface area contributed by atoms with E-state index in [0.29, 0.717) is 0 Å². The van der Waals surface area contributed by atoms with E-state index in [1.807, 2.05) is 18.2 Å². The highest BCUT2D eigenvalue weighted by Crippen LogP contribution is 2.51. The van der Waals surface area contributed by atoms with Gasteiger partial charge in [-0.25, -0.2) is 0 Å². The van der Waals surface area contributed by atoms with E-state index in [4.69, 9.17) is 16.0 Å². The third-order valence-corrected chi connectivity index (χ3v) is 8.82. The van der Waals surface area contributed by atoms with Gasteiger partial charge in [0.05, 0.1) is 5.02 Å². The zero-order valence-electron chi connectivity index (χ0n) is 23.0. The van der Waals surface area contributed by atoms with E-state index in [1.54, 1.807) is 0 Å². The van der Waals surface area contributed by atoms with Crippen molar-refractivity contribution in [3.63, 3.8) is 0 Å². The first-order valence-corrected chi connectivity index (χ1v) is 14.0. The number of benzene rings is 5. The molecule has 7 rings (SSSR count). The minimum absolute atomic E-state index is 0.0947. The van der Waals surface area contributed by atoms with Crippen LogP contribution in [0.1, 0.15) is 51.3 Å². The lowest BCUT2D eigenvalue weighted by atomic mass is 9.81. The fourth-order valence-corrected chi connectivity index (χ4v) is 6.56. The van der Waals surface area contributed by atoms with Crippen molar-refractivity contribution < 1.29 is 4.42 Å². The summed E-state index contributed by atoms with van der Waals surface area (Å²) in [4.78, 5) is 0. The normalized spacial score (nSPS) is 14.1. The van der Waals surface area contributed by atoms with E-state index in [0.717, 1.165) is 38.1 Å². The largest absolute Gasteiger partial charge is 0.456 e. The van der Waals surface area contributed by atoms with Crippen LogP contribution in [-0.2, 0) is 10.8 Å². The number of furan rings is 1. The molecule has 0 aliphatic heterocycles. The minimum Gasteiger partial charge on any atom is -0.456 e. The molecule has 0 amide bonds. The van der Waals surface area contributed by atoms with Crippen LogP contribution in [0.4, 0.5) is 0 Å². The molecule has 6 aromatic rings. The third-order valence-electron chi connectivity index (χ3n) is 8.52. The first kappa shape index (κ1) is 24.2. The Hall–Kier alpha value is -3.81. The van der Waals surface area contributed by atoms with Crippen molar-refractivity contribution in [2.24, 2.45) is 0 Å². The quantitative estimate of drug-likeness (QED) is 0.218. The van der Waals surface area contributed by atoms with Crippen LogP contribution in [0, 0.1) is 0 Å². The van der Waals surface area contributed by atoms with E-state index in [9.17, 15) is 0 Å². The van der Waals surface area contributed by atoms with Gasteiger partial charge in [0.2, 0.25) is 0 Å². The van der Waals surface area contributed by atoms with Crippen molar-refractivity contribution in [2.45, 2.75) is 45.4 Å². The van der Waals surface area contributed by atoms with Crippen molar-refractivity contribution in [1.82, 2.24) is 0 Å². The van der Waals surface area contributed by atoms with Crippen LogP contribution >= 0.6 is 11.6 Å². The highest BCUT2D eigenvalue weighted by molar-refractivity contribution is 6.38. The van der Waals surface area contributed by atoms with Crippen LogP contribution in [0.3, 0.4) is 0 Å². The first-order valence-electron chi connectivity index (χ1n) is 13.6. The smallest absolute Gasteiger partial charge is 0.137 e. The van der Waals surface area contributed by atoms with E-state index in [2.05, 4.69) is 113 Å². The van der Waals surface area contributed by atoms with Gasteiger partial charge in [-0.05, 0) is 85.8 Å². The SMILES string of the molecule is CC(C)(C)c1ccc(-c2ccc3c(c2)-c2ccc(-c4cc(Cl)c5c(c4)oc4ccccc45)cc2C3(C)C)cc1. The van der Waals surface area contributed by atoms with Crippen LogP contribution in [-0.4, -0.2) is 0 Å². The molecule has 0 unspecified atom stereocenters.